The predicted molar refractivity (Wildman–Crippen MR) is 174 cm³/mol. The summed E-state index contributed by atoms with van der Waals surface area (Å²) in [5.41, 5.74) is 3.27. The number of benzene rings is 3. The van der Waals surface area contributed by atoms with E-state index >= 15 is 0 Å². The van der Waals surface area contributed by atoms with E-state index in [4.69, 9.17) is 16.3 Å². The van der Waals surface area contributed by atoms with Gasteiger partial charge in [-0.3, -0.25) is 24.1 Å². The van der Waals surface area contributed by atoms with Crippen molar-refractivity contribution in [3.05, 3.63) is 103 Å². The van der Waals surface area contributed by atoms with Gasteiger partial charge < -0.3 is 15.0 Å². The molecule has 2 N–H and O–H groups in total. The fraction of sp³-hybridized carbons (Fsp3) is 0.294. The van der Waals surface area contributed by atoms with E-state index in [1.54, 1.807) is 36.0 Å². The molecule has 3 aromatic carbocycles. The fourth-order valence-electron chi connectivity index (χ4n) is 8.10. The van der Waals surface area contributed by atoms with Gasteiger partial charge in [0.1, 0.15) is 5.75 Å². The number of rotatable bonds is 6. The van der Waals surface area contributed by atoms with Crippen LogP contribution in [0.2, 0.25) is 5.02 Å². The number of hydrogen-bond donors (Lipinski definition) is 2. The molecule has 3 fully saturated rings. The number of thiazole rings is 1. The highest BCUT2D eigenvalue weighted by Crippen LogP contribution is 2.68. The van der Waals surface area contributed by atoms with Gasteiger partial charge in [-0.1, -0.05) is 47.2 Å². The summed E-state index contributed by atoms with van der Waals surface area (Å²) in [6.07, 6.45) is 0.800. The molecule has 8 nitrogen and oxygen atoms in total. The second kappa shape index (κ2) is 10.9. The molecule has 228 valence electrons. The zero-order chi connectivity index (χ0) is 31.0. The molecule has 7 atom stereocenters. The molecule has 45 heavy (non-hydrogen) atoms. The highest BCUT2D eigenvalue weighted by molar-refractivity contribution is 8.00. The summed E-state index contributed by atoms with van der Waals surface area (Å²) in [4.78, 5) is 58.3. The van der Waals surface area contributed by atoms with Crippen LogP contribution in [0.15, 0.2) is 82.6 Å². The number of aromatic amines is 1. The molecule has 8 rings (SSSR count). The van der Waals surface area contributed by atoms with E-state index in [0.717, 1.165) is 27.5 Å². The Balaban J connectivity index is 1.09. The van der Waals surface area contributed by atoms with E-state index in [9.17, 15) is 19.2 Å². The van der Waals surface area contributed by atoms with Gasteiger partial charge in [-0.05, 0) is 90.8 Å². The normalized spacial score (nSPS) is 27.7. The molecule has 3 amide bonds. The van der Waals surface area contributed by atoms with Crippen LogP contribution in [0, 0.1) is 36.5 Å². The van der Waals surface area contributed by atoms with Gasteiger partial charge in [-0.2, -0.15) is 0 Å². The van der Waals surface area contributed by atoms with Crippen molar-refractivity contribution in [3.8, 4) is 5.75 Å². The van der Waals surface area contributed by atoms with Crippen LogP contribution in [-0.4, -0.2) is 34.6 Å². The molecule has 0 spiro atoms. The lowest BCUT2D eigenvalue weighted by molar-refractivity contribution is -0.123. The van der Waals surface area contributed by atoms with E-state index in [0.29, 0.717) is 22.1 Å². The van der Waals surface area contributed by atoms with Crippen LogP contribution in [0.25, 0.3) is 0 Å². The van der Waals surface area contributed by atoms with Crippen LogP contribution >= 0.6 is 34.7 Å². The number of nitrogens with zero attached hydrogens (tertiary/aromatic N) is 1. The smallest absolute Gasteiger partial charge is 0.305 e. The molecular weight excluding hydrogens is 630 g/mol. The molecule has 2 aliphatic heterocycles. The second-order valence-electron chi connectivity index (χ2n) is 12.2. The first-order chi connectivity index (χ1) is 21.8. The maximum Gasteiger partial charge on any atom is 0.305 e. The van der Waals surface area contributed by atoms with Crippen LogP contribution < -0.4 is 19.8 Å². The lowest BCUT2D eigenvalue weighted by atomic mass is 9.68. The summed E-state index contributed by atoms with van der Waals surface area (Å²) < 4.78 is 5.94. The van der Waals surface area contributed by atoms with Crippen LogP contribution in [0.3, 0.4) is 0 Å². The van der Waals surface area contributed by atoms with Crippen molar-refractivity contribution in [2.24, 2.45) is 29.6 Å². The van der Waals surface area contributed by atoms with Crippen molar-refractivity contribution in [3.63, 3.8) is 0 Å². The summed E-state index contributed by atoms with van der Waals surface area (Å²) in [5, 5.41) is 4.33. The maximum atomic E-state index is 13.9. The number of aryl methyl sites for hydroxylation is 1. The first kappa shape index (κ1) is 28.6. The average Bonchev–Trinajstić information content (AvgIpc) is 3.75. The maximum absolute atomic E-state index is 13.9. The number of fused-ring (bicyclic) bond motifs is 9. The molecule has 2 saturated carbocycles. The number of imide groups is 1. The number of carbonyl (C=O) groups excluding carboxylic acids is 3. The highest BCUT2D eigenvalue weighted by atomic mass is 35.5. The number of hydrogen-bond acceptors (Lipinski definition) is 7. The van der Waals surface area contributed by atoms with Crippen molar-refractivity contribution < 1.29 is 19.1 Å². The van der Waals surface area contributed by atoms with Crippen molar-refractivity contribution in [2.75, 3.05) is 16.8 Å². The lowest BCUT2D eigenvalue weighted by Gasteiger charge is -2.43. The Kier molecular flexibility index (Phi) is 6.92. The molecule has 4 aromatic rings. The minimum atomic E-state index is -0.399. The number of aromatic nitrogens is 1. The Morgan fingerprint density at radius 3 is 2.53 bits per heavy atom. The minimum Gasteiger partial charge on any atom is -0.484 e. The monoisotopic (exact) mass is 657 g/mol. The van der Waals surface area contributed by atoms with Gasteiger partial charge in [-0.25, -0.2) is 0 Å². The average molecular weight is 658 g/mol. The van der Waals surface area contributed by atoms with E-state index in [-0.39, 0.29) is 64.0 Å². The highest BCUT2D eigenvalue weighted by Gasteiger charge is 2.69. The summed E-state index contributed by atoms with van der Waals surface area (Å²) in [6.45, 7) is 1.81. The standard InChI is InChI=1S/C34H28ClN3O5S2/c1-16-4-2-6-19(12-16)36-24(39)15-43-21-7-3-5-17(13-21)25-26-22-14-23(29(26)44-31-30(25)45-34(42)37-31)28-27(22)32(40)38(33(28)41)20-10-8-18(35)9-11-20/h2-13,22-23,25-29H,14-15H2,1H3,(H,36,39)(H,37,42)/t22-,23-,25-,26?,27?,28?,29?/m1/s1. The largest absolute Gasteiger partial charge is 0.484 e. The molecule has 11 heteroatoms. The van der Waals surface area contributed by atoms with Crippen molar-refractivity contribution >= 4 is 63.8 Å². The molecule has 4 aliphatic rings. The van der Waals surface area contributed by atoms with Crippen molar-refractivity contribution in [2.45, 2.75) is 29.5 Å². The van der Waals surface area contributed by atoms with Crippen molar-refractivity contribution in [1.29, 1.82) is 0 Å². The second-order valence-corrected chi connectivity index (χ2v) is 14.9. The number of carbonyl (C=O) groups is 3. The zero-order valence-corrected chi connectivity index (χ0v) is 26.5. The van der Waals surface area contributed by atoms with Crippen LogP contribution in [0.4, 0.5) is 11.4 Å². The summed E-state index contributed by atoms with van der Waals surface area (Å²) in [7, 11) is 0. The third-order valence-corrected chi connectivity index (χ3v) is 12.5. The minimum absolute atomic E-state index is 0.00807. The number of ether oxygens (including phenoxy) is 1. The number of H-pyrrole nitrogens is 1. The van der Waals surface area contributed by atoms with Gasteiger partial charge in [0, 0.05) is 26.8 Å². The molecule has 1 saturated heterocycles. The lowest BCUT2D eigenvalue weighted by Crippen LogP contribution is -2.42. The Bertz CT molecular complexity index is 1920. The predicted octanol–water partition coefficient (Wildman–Crippen LogP) is 6.09. The Morgan fingerprint density at radius 1 is 1.00 bits per heavy atom. The van der Waals surface area contributed by atoms with Gasteiger partial charge in [0.05, 0.1) is 22.5 Å². The molecule has 3 heterocycles. The Morgan fingerprint density at radius 2 is 1.76 bits per heavy atom. The number of anilines is 2. The van der Waals surface area contributed by atoms with E-state index in [1.807, 2.05) is 55.5 Å². The van der Waals surface area contributed by atoms with Gasteiger partial charge in [0.25, 0.3) is 5.91 Å². The van der Waals surface area contributed by atoms with E-state index in [2.05, 4.69) is 10.3 Å². The molecule has 0 radical (unpaired) electrons. The van der Waals surface area contributed by atoms with E-state index < -0.39 is 5.92 Å². The van der Waals surface area contributed by atoms with Gasteiger partial charge in [0.15, 0.2) is 6.61 Å². The number of halogens is 1. The third kappa shape index (κ3) is 4.73. The Hall–Kier alpha value is -3.86. The molecular formula is C34H28ClN3O5S2. The number of nitrogens with one attached hydrogen (secondary N) is 2. The number of thioether (sulfide) groups is 1. The zero-order valence-electron chi connectivity index (χ0n) is 24.1. The topological polar surface area (TPSA) is 109 Å². The van der Waals surface area contributed by atoms with Crippen molar-refractivity contribution in [1.82, 2.24) is 4.98 Å². The first-order valence-corrected chi connectivity index (χ1v) is 17.0. The van der Waals surface area contributed by atoms with Gasteiger partial charge in [0.2, 0.25) is 11.8 Å². The molecule has 1 aromatic heterocycles. The van der Waals surface area contributed by atoms with Gasteiger partial charge >= 0.3 is 4.87 Å². The summed E-state index contributed by atoms with van der Waals surface area (Å²) in [6, 6.07) is 22.1. The fourth-order valence-corrected chi connectivity index (χ4v) is 11.1. The first-order valence-electron chi connectivity index (χ1n) is 14.9. The molecule has 2 bridgehead atoms. The quantitative estimate of drug-likeness (QED) is 0.243. The SMILES string of the molecule is Cc1cccc(NC(=O)COc2cccc([C@H]3c4sc(=O)[nH]c4SC4C3[C@H]3C[C@@H]4C4C(=O)N(c5ccc(Cl)cc5)C(=O)C43)c2)c1. The Labute approximate surface area is 272 Å². The number of amides is 3. The van der Waals surface area contributed by atoms with Gasteiger partial charge in [-0.15, -0.1) is 11.8 Å². The molecule has 2 aliphatic carbocycles. The summed E-state index contributed by atoms with van der Waals surface area (Å²) >= 11 is 8.95. The van der Waals surface area contributed by atoms with E-state index in [1.165, 1.54) is 16.2 Å². The van der Waals surface area contributed by atoms with Crippen LogP contribution in [0.1, 0.15) is 28.3 Å². The van der Waals surface area contributed by atoms with Crippen LogP contribution in [-0.2, 0) is 14.4 Å². The summed E-state index contributed by atoms with van der Waals surface area (Å²) in [5.74, 6) is -0.853. The van der Waals surface area contributed by atoms with Crippen LogP contribution in [0.5, 0.6) is 5.75 Å². The third-order valence-electron chi connectivity index (χ3n) is 9.70. The molecule has 4 unspecified atom stereocenters.